The average molecular weight is 287 g/mol. The minimum Gasteiger partial charge on any atom is -0.493 e. The molecule has 0 aliphatic heterocycles. The van der Waals surface area contributed by atoms with Crippen LogP contribution in [0, 0.1) is 0 Å². The first kappa shape index (κ1) is 15.2. The topological polar surface area (TPSA) is 39.7 Å². The van der Waals surface area contributed by atoms with Gasteiger partial charge in [0.1, 0.15) is 0 Å². The highest BCUT2D eigenvalue weighted by atomic mass is 16.5. The molecule has 2 aromatic rings. The summed E-state index contributed by atoms with van der Waals surface area (Å²) in [5, 5.41) is 3.39. The Bertz CT molecular complexity index is 584. The molecule has 0 atom stereocenters. The van der Waals surface area contributed by atoms with Crippen LogP contribution >= 0.6 is 0 Å². The van der Waals surface area contributed by atoms with Gasteiger partial charge in [-0.25, -0.2) is 0 Å². The van der Waals surface area contributed by atoms with Crippen LogP contribution in [0.2, 0.25) is 0 Å². The van der Waals surface area contributed by atoms with Gasteiger partial charge < -0.3 is 19.5 Å². The van der Waals surface area contributed by atoms with Gasteiger partial charge in [-0.2, -0.15) is 0 Å². The van der Waals surface area contributed by atoms with Crippen molar-refractivity contribution in [1.29, 1.82) is 0 Å². The molecule has 0 aliphatic carbocycles. The monoisotopic (exact) mass is 287 g/mol. The van der Waals surface area contributed by atoms with Crippen molar-refractivity contribution in [3.63, 3.8) is 0 Å². The zero-order chi connectivity index (χ0) is 15.1. The van der Waals surface area contributed by atoms with Crippen molar-refractivity contribution >= 4 is 5.69 Å². The molecule has 21 heavy (non-hydrogen) atoms. The summed E-state index contributed by atoms with van der Waals surface area (Å²) in [6, 6.07) is 14.0. The van der Waals surface area contributed by atoms with E-state index in [9.17, 15) is 0 Å². The van der Waals surface area contributed by atoms with E-state index < -0.39 is 0 Å². The van der Waals surface area contributed by atoms with Gasteiger partial charge in [-0.1, -0.05) is 24.3 Å². The van der Waals surface area contributed by atoms with E-state index in [4.69, 9.17) is 14.2 Å². The third-order valence-electron chi connectivity index (χ3n) is 3.28. The quantitative estimate of drug-likeness (QED) is 0.846. The Labute approximate surface area is 125 Å². The minimum atomic E-state index is 0.615. The summed E-state index contributed by atoms with van der Waals surface area (Å²) in [5.41, 5.74) is 3.39. The lowest BCUT2D eigenvalue weighted by molar-refractivity contribution is 0.184. The predicted molar refractivity (Wildman–Crippen MR) is 84.0 cm³/mol. The van der Waals surface area contributed by atoms with E-state index in [-0.39, 0.29) is 0 Å². The van der Waals surface area contributed by atoms with Crippen LogP contribution in [0.15, 0.2) is 42.5 Å². The normalized spacial score (nSPS) is 10.2. The molecule has 0 saturated heterocycles. The molecule has 2 rings (SSSR count). The number of benzene rings is 2. The van der Waals surface area contributed by atoms with Crippen molar-refractivity contribution < 1.29 is 14.2 Å². The Morgan fingerprint density at radius 1 is 0.857 bits per heavy atom. The lowest BCUT2D eigenvalue weighted by atomic mass is 10.1. The van der Waals surface area contributed by atoms with Crippen LogP contribution < -0.4 is 14.8 Å². The maximum Gasteiger partial charge on any atom is 0.162 e. The zero-order valence-electron chi connectivity index (χ0n) is 12.7. The van der Waals surface area contributed by atoms with E-state index in [0.717, 1.165) is 18.0 Å². The Morgan fingerprint density at radius 3 is 2.24 bits per heavy atom. The fourth-order valence-electron chi connectivity index (χ4n) is 2.17. The smallest absolute Gasteiger partial charge is 0.162 e. The van der Waals surface area contributed by atoms with Gasteiger partial charge in [0.2, 0.25) is 0 Å². The largest absolute Gasteiger partial charge is 0.493 e. The molecule has 0 aromatic heterocycles. The summed E-state index contributed by atoms with van der Waals surface area (Å²) in [6.45, 7) is 1.35. The summed E-state index contributed by atoms with van der Waals surface area (Å²) in [4.78, 5) is 0. The third kappa shape index (κ3) is 3.89. The van der Waals surface area contributed by atoms with E-state index in [0.29, 0.717) is 12.4 Å². The average Bonchev–Trinajstić information content (AvgIpc) is 2.54. The number of ether oxygens (including phenoxy) is 3. The molecule has 0 bridgehead atoms. The maximum absolute atomic E-state index is 5.31. The van der Waals surface area contributed by atoms with Crippen molar-refractivity contribution in [2.24, 2.45) is 0 Å². The first-order chi connectivity index (χ1) is 10.3. The molecule has 0 aliphatic rings. The van der Waals surface area contributed by atoms with Crippen molar-refractivity contribution in [2.75, 3.05) is 26.6 Å². The summed E-state index contributed by atoms with van der Waals surface area (Å²) in [5.74, 6) is 1.44. The SMILES string of the molecule is COCc1ccccc1CNc1ccc(OC)c(OC)c1. The lowest BCUT2D eigenvalue weighted by Crippen LogP contribution is -2.04. The van der Waals surface area contributed by atoms with Crippen molar-refractivity contribution in [3.8, 4) is 11.5 Å². The molecule has 0 radical (unpaired) electrons. The highest BCUT2D eigenvalue weighted by molar-refractivity contribution is 5.55. The van der Waals surface area contributed by atoms with Crippen molar-refractivity contribution in [1.82, 2.24) is 0 Å². The molecular formula is C17H21NO3. The van der Waals surface area contributed by atoms with Crippen LogP contribution in [-0.2, 0) is 17.9 Å². The summed E-state index contributed by atoms with van der Waals surface area (Å²) in [6.07, 6.45) is 0. The molecule has 2 aromatic carbocycles. The fraction of sp³-hybridized carbons (Fsp3) is 0.294. The second-order valence-electron chi connectivity index (χ2n) is 4.63. The number of anilines is 1. The molecule has 0 unspecified atom stereocenters. The van der Waals surface area contributed by atoms with E-state index in [2.05, 4.69) is 17.4 Å². The molecule has 0 fully saturated rings. The minimum absolute atomic E-state index is 0.615. The van der Waals surface area contributed by atoms with Crippen LogP contribution in [0.25, 0.3) is 0 Å². The number of rotatable bonds is 7. The Hall–Kier alpha value is -2.20. The molecule has 0 heterocycles. The van der Waals surface area contributed by atoms with Crippen LogP contribution in [0.4, 0.5) is 5.69 Å². The molecule has 112 valence electrons. The van der Waals surface area contributed by atoms with Gasteiger partial charge >= 0.3 is 0 Å². The van der Waals surface area contributed by atoms with Gasteiger partial charge in [-0.15, -0.1) is 0 Å². The number of hydrogen-bond acceptors (Lipinski definition) is 4. The predicted octanol–water partition coefficient (Wildman–Crippen LogP) is 3.46. The van der Waals surface area contributed by atoms with E-state index in [1.54, 1.807) is 21.3 Å². The van der Waals surface area contributed by atoms with Crippen LogP contribution in [0.5, 0.6) is 11.5 Å². The van der Waals surface area contributed by atoms with Crippen LogP contribution in [0.1, 0.15) is 11.1 Å². The maximum atomic E-state index is 5.31. The van der Waals surface area contributed by atoms with E-state index >= 15 is 0 Å². The molecule has 0 amide bonds. The standard InChI is InChI=1S/C17H21NO3/c1-19-12-14-7-5-4-6-13(14)11-18-15-8-9-16(20-2)17(10-15)21-3/h4-10,18H,11-12H2,1-3H3. The second kappa shape index (κ2) is 7.55. The summed E-state index contributed by atoms with van der Waals surface area (Å²) < 4.78 is 15.8. The molecule has 1 N–H and O–H groups in total. The van der Waals surface area contributed by atoms with Gasteiger partial charge in [0.05, 0.1) is 20.8 Å². The van der Waals surface area contributed by atoms with E-state index in [1.807, 2.05) is 30.3 Å². The highest BCUT2D eigenvalue weighted by Crippen LogP contribution is 2.30. The Kier molecular flexibility index (Phi) is 5.46. The summed E-state index contributed by atoms with van der Waals surface area (Å²) >= 11 is 0. The van der Waals surface area contributed by atoms with Gasteiger partial charge in [0, 0.05) is 25.4 Å². The molecule has 0 spiro atoms. The van der Waals surface area contributed by atoms with Crippen LogP contribution in [0.3, 0.4) is 0 Å². The van der Waals surface area contributed by atoms with Crippen molar-refractivity contribution in [2.45, 2.75) is 13.2 Å². The number of nitrogens with one attached hydrogen (secondary N) is 1. The molecule has 0 saturated carbocycles. The Balaban J connectivity index is 2.09. The van der Waals surface area contributed by atoms with Gasteiger partial charge in [0.25, 0.3) is 0 Å². The Morgan fingerprint density at radius 2 is 1.57 bits per heavy atom. The van der Waals surface area contributed by atoms with E-state index in [1.165, 1.54) is 11.1 Å². The molecule has 4 nitrogen and oxygen atoms in total. The second-order valence-corrected chi connectivity index (χ2v) is 4.63. The third-order valence-corrected chi connectivity index (χ3v) is 3.28. The fourth-order valence-corrected chi connectivity index (χ4v) is 2.17. The number of hydrogen-bond donors (Lipinski definition) is 1. The lowest BCUT2D eigenvalue weighted by Gasteiger charge is -2.13. The molecule has 4 heteroatoms. The van der Waals surface area contributed by atoms with Crippen molar-refractivity contribution in [3.05, 3.63) is 53.6 Å². The zero-order valence-corrected chi connectivity index (χ0v) is 12.7. The first-order valence-corrected chi connectivity index (χ1v) is 6.80. The van der Waals surface area contributed by atoms with Gasteiger partial charge in [-0.05, 0) is 23.3 Å². The first-order valence-electron chi connectivity index (χ1n) is 6.80. The van der Waals surface area contributed by atoms with Gasteiger partial charge in [0.15, 0.2) is 11.5 Å². The molecular weight excluding hydrogens is 266 g/mol. The van der Waals surface area contributed by atoms with Gasteiger partial charge in [-0.3, -0.25) is 0 Å². The number of methoxy groups -OCH3 is 3. The summed E-state index contributed by atoms with van der Waals surface area (Å²) in [7, 11) is 4.97. The highest BCUT2D eigenvalue weighted by Gasteiger charge is 2.05. The van der Waals surface area contributed by atoms with Crippen LogP contribution in [-0.4, -0.2) is 21.3 Å².